The number of amides is 2. The molecule has 2 atom stereocenters. The van der Waals surface area contributed by atoms with E-state index < -0.39 is 30.0 Å². The summed E-state index contributed by atoms with van der Waals surface area (Å²) < 4.78 is 24.6. The minimum Gasteiger partial charge on any atom is -0.445 e. The van der Waals surface area contributed by atoms with Crippen molar-refractivity contribution in [1.82, 2.24) is 10.2 Å². The Bertz CT molecular complexity index is 588. The van der Waals surface area contributed by atoms with E-state index in [-0.39, 0.29) is 13.2 Å². The van der Waals surface area contributed by atoms with E-state index in [0.29, 0.717) is 13.0 Å². The maximum absolute atomic E-state index is 14.3. The molecule has 1 aromatic carbocycles. The Morgan fingerprint density at radius 3 is 2.56 bits per heavy atom. The smallest absolute Gasteiger partial charge is 0.410 e. The summed E-state index contributed by atoms with van der Waals surface area (Å²) in [5.74, 6) is 0. The Kier molecular flexibility index (Phi) is 6.22. The average molecular weight is 352 g/mol. The van der Waals surface area contributed by atoms with E-state index >= 15 is 0 Å². The van der Waals surface area contributed by atoms with Gasteiger partial charge in [-0.1, -0.05) is 30.3 Å². The first-order chi connectivity index (χ1) is 11.7. The molecule has 0 spiro atoms. The molecule has 0 aromatic heterocycles. The number of benzene rings is 1. The number of nitrogens with one attached hydrogen (secondary N) is 1. The molecule has 7 heteroatoms. The van der Waals surface area contributed by atoms with E-state index in [1.54, 1.807) is 20.8 Å². The van der Waals surface area contributed by atoms with Gasteiger partial charge >= 0.3 is 12.2 Å². The van der Waals surface area contributed by atoms with E-state index in [1.807, 2.05) is 30.3 Å². The van der Waals surface area contributed by atoms with Gasteiger partial charge in [-0.25, -0.2) is 14.0 Å². The molecule has 2 rings (SSSR count). The van der Waals surface area contributed by atoms with Crippen LogP contribution in [0.2, 0.25) is 0 Å². The Morgan fingerprint density at radius 2 is 1.96 bits per heavy atom. The molecular weight excluding hydrogens is 327 g/mol. The second-order valence-electron chi connectivity index (χ2n) is 7.04. The predicted molar refractivity (Wildman–Crippen MR) is 90.9 cm³/mol. The number of nitrogens with zero attached hydrogens (tertiary/aromatic N) is 1. The zero-order valence-corrected chi connectivity index (χ0v) is 14.8. The second kappa shape index (κ2) is 8.18. The summed E-state index contributed by atoms with van der Waals surface area (Å²) in [6, 6.07) is 8.56. The third-order valence-corrected chi connectivity index (χ3v) is 3.71. The van der Waals surface area contributed by atoms with Crippen molar-refractivity contribution in [3.63, 3.8) is 0 Å². The number of carbonyl (C=O) groups is 2. The third-order valence-electron chi connectivity index (χ3n) is 3.71. The molecule has 2 amide bonds. The van der Waals surface area contributed by atoms with Crippen molar-refractivity contribution >= 4 is 12.2 Å². The van der Waals surface area contributed by atoms with Crippen molar-refractivity contribution in [2.75, 3.05) is 13.1 Å². The molecule has 1 saturated heterocycles. The lowest BCUT2D eigenvalue weighted by Gasteiger charge is -2.35. The van der Waals surface area contributed by atoms with Crippen LogP contribution in [0.25, 0.3) is 0 Å². The molecule has 0 aliphatic carbocycles. The summed E-state index contributed by atoms with van der Waals surface area (Å²) in [6.45, 7) is 5.61. The van der Waals surface area contributed by atoms with E-state index in [4.69, 9.17) is 9.47 Å². The molecule has 1 heterocycles. The lowest BCUT2D eigenvalue weighted by atomic mass is 10.0. The number of alkyl carbamates (subject to hydrolysis) is 1. The second-order valence-corrected chi connectivity index (χ2v) is 7.04. The summed E-state index contributed by atoms with van der Waals surface area (Å²) in [7, 11) is 0. The first kappa shape index (κ1) is 19.0. The number of halogens is 1. The minimum atomic E-state index is -1.37. The number of ether oxygens (including phenoxy) is 2. The molecule has 0 saturated carbocycles. The van der Waals surface area contributed by atoms with Crippen molar-refractivity contribution in [2.45, 2.75) is 51.6 Å². The van der Waals surface area contributed by atoms with Crippen LogP contribution in [0.15, 0.2) is 30.3 Å². The normalized spacial score (nSPS) is 20.7. The van der Waals surface area contributed by atoms with E-state index in [0.717, 1.165) is 5.56 Å². The van der Waals surface area contributed by atoms with Gasteiger partial charge < -0.3 is 19.7 Å². The average Bonchev–Trinajstić information content (AvgIpc) is 2.54. The first-order valence-corrected chi connectivity index (χ1v) is 8.34. The molecule has 1 aliphatic rings. The van der Waals surface area contributed by atoms with E-state index in [9.17, 15) is 14.0 Å². The largest absolute Gasteiger partial charge is 0.445 e. The molecule has 6 nitrogen and oxygen atoms in total. The number of carbonyl (C=O) groups excluding carboxylic acids is 2. The topological polar surface area (TPSA) is 67.9 Å². The van der Waals surface area contributed by atoms with Gasteiger partial charge in [0.15, 0.2) is 0 Å². The van der Waals surface area contributed by atoms with Crippen molar-refractivity contribution in [3.8, 4) is 0 Å². The monoisotopic (exact) mass is 352 g/mol. The van der Waals surface area contributed by atoms with Crippen LogP contribution >= 0.6 is 0 Å². The summed E-state index contributed by atoms with van der Waals surface area (Å²) in [5, 5.41) is 2.53. The van der Waals surface area contributed by atoms with Gasteiger partial charge in [-0.3, -0.25) is 0 Å². The Labute approximate surface area is 147 Å². The molecule has 138 valence electrons. The molecule has 0 bridgehead atoms. The van der Waals surface area contributed by atoms with Crippen LogP contribution in [0.4, 0.5) is 14.0 Å². The van der Waals surface area contributed by atoms with Gasteiger partial charge in [0.05, 0.1) is 12.6 Å². The Morgan fingerprint density at radius 1 is 1.28 bits per heavy atom. The third kappa shape index (κ3) is 6.25. The number of piperidine rings is 1. The molecule has 1 aliphatic heterocycles. The quantitative estimate of drug-likeness (QED) is 0.907. The standard InChI is InChI=1S/C18H25FN2O4/c1-18(2,3)25-17(23)21-10-9-15(14(19)11-21)20-16(22)24-12-13-7-5-4-6-8-13/h4-8,14-15H,9-12H2,1-3H3,(H,20,22)/t14-,15+/m0/s1. The van der Waals surface area contributed by atoms with Gasteiger partial charge in [0.25, 0.3) is 0 Å². The van der Waals surface area contributed by atoms with Crippen LogP contribution in [0.1, 0.15) is 32.8 Å². The fraction of sp³-hybridized carbons (Fsp3) is 0.556. The van der Waals surface area contributed by atoms with E-state index in [1.165, 1.54) is 4.90 Å². The van der Waals surface area contributed by atoms with Crippen molar-refractivity contribution in [2.24, 2.45) is 0 Å². The Hall–Kier alpha value is -2.31. The summed E-state index contributed by atoms with van der Waals surface area (Å²) in [5.41, 5.74) is 0.230. The van der Waals surface area contributed by atoms with Gasteiger partial charge in [-0.15, -0.1) is 0 Å². The number of likely N-dealkylation sites (tertiary alicyclic amines) is 1. The van der Waals surface area contributed by atoms with Crippen LogP contribution in [-0.4, -0.2) is 48.0 Å². The molecule has 1 N–H and O–H groups in total. The van der Waals surface area contributed by atoms with Gasteiger partial charge in [-0.2, -0.15) is 0 Å². The van der Waals surface area contributed by atoms with E-state index in [2.05, 4.69) is 5.32 Å². The van der Waals surface area contributed by atoms with Gasteiger partial charge in [0.2, 0.25) is 0 Å². The lowest BCUT2D eigenvalue weighted by Crippen LogP contribution is -2.54. The zero-order chi connectivity index (χ0) is 18.4. The highest BCUT2D eigenvalue weighted by Crippen LogP contribution is 2.18. The van der Waals surface area contributed by atoms with Gasteiger partial charge in [-0.05, 0) is 32.8 Å². The molecule has 0 unspecified atom stereocenters. The summed E-state index contributed by atoms with van der Waals surface area (Å²) in [4.78, 5) is 25.1. The molecular formula is C18H25FN2O4. The Balaban J connectivity index is 1.77. The first-order valence-electron chi connectivity index (χ1n) is 8.34. The van der Waals surface area contributed by atoms with Crippen molar-refractivity contribution < 1.29 is 23.5 Å². The highest BCUT2D eigenvalue weighted by molar-refractivity contribution is 5.69. The lowest BCUT2D eigenvalue weighted by molar-refractivity contribution is 0.00937. The molecule has 0 radical (unpaired) electrons. The highest BCUT2D eigenvalue weighted by atomic mass is 19.1. The molecule has 25 heavy (non-hydrogen) atoms. The fourth-order valence-electron chi connectivity index (χ4n) is 2.48. The minimum absolute atomic E-state index is 0.113. The van der Waals surface area contributed by atoms with Gasteiger partial charge in [0.1, 0.15) is 18.4 Å². The summed E-state index contributed by atoms with van der Waals surface area (Å²) >= 11 is 0. The zero-order valence-electron chi connectivity index (χ0n) is 14.8. The van der Waals surface area contributed by atoms with Crippen molar-refractivity contribution in [1.29, 1.82) is 0 Å². The van der Waals surface area contributed by atoms with Crippen LogP contribution < -0.4 is 5.32 Å². The predicted octanol–water partition coefficient (Wildman–Crippen LogP) is 3.26. The van der Waals surface area contributed by atoms with Crippen molar-refractivity contribution in [3.05, 3.63) is 35.9 Å². The van der Waals surface area contributed by atoms with Crippen LogP contribution in [0, 0.1) is 0 Å². The van der Waals surface area contributed by atoms with Crippen LogP contribution in [-0.2, 0) is 16.1 Å². The molecule has 1 fully saturated rings. The fourth-order valence-corrected chi connectivity index (χ4v) is 2.48. The summed E-state index contributed by atoms with van der Waals surface area (Å²) in [6.07, 6.45) is -2.27. The van der Waals surface area contributed by atoms with Gasteiger partial charge in [0, 0.05) is 6.54 Å². The number of alkyl halides is 1. The number of hydrogen-bond donors (Lipinski definition) is 1. The number of rotatable bonds is 3. The maximum atomic E-state index is 14.3. The van der Waals surface area contributed by atoms with Crippen LogP contribution in [0.5, 0.6) is 0 Å². The maximum Gasteiger partial charge on any atom is 0.410 e. The van der Waals surface area contributed by atoms with Crippen LogP contribution in [0.3, 0.4) is 0 Å². The SMILES string of the molecule is CC(C)(C)OC(=O)N1CC[C@@H](NC(=O)OCc2ccccc2)[C@@H](F)C1. The molecule has 1 aromatic rings. The highest BCUT2D eigenvalue weighted by Gasteiger charge is 2.34. The number of hydrogen-bond acceptors (Lipinski definition) is 4.